The van der Waals surface area contributed by atoms with E-state index in [2.05, 4.69) is 49.6 Å². The van der Waals surface area contributed by atoms with Crippen LogP contribution in [-0.4, -0.2) is 26.2 Å². The van der Waals surface area contributed by atoms with Crippen LogP contribution in [0.3, 0.4) is 0 Å². The third-order valence-corrected chi connectivity index (χ3v) is 2.91. The summed E-state index contributed by atoms with van der Waals surface area (Å²) in [5.74, 6) is 0.989. The van der Waals surface area contributed by atoms with Crippen LogP contribution in [0.1, 0.15) is 31.9 Å². The van der Waals surface area contributed by atoms with E-state index in [9.17, 15) is 0 Å². The van der Waals surface area contributed by atoms with Crippen molar-refractivity contribution in [3.63, 3.8) is 0 Å². The number of rotatable bonds is 8. The zero-order valence-corrected chi connectivity index (χ0v) is 12.0. The van der Waals surface area contributed by atoms with Gasteiger partial charge in [-0.15, -0.1) is 0 Å². The van der Waals surface area contributed by atoms with Crippen molar-refractivity contribution in [2.75, 3.05) is 20.2 Å². The normalized spacial score (nSPS) is 10.9. The molecule has 102 valence electrons. The van der Waals surface area contributed by atoms with Gasteiger partial charge in [0.05, 0.1) is 7.11 Å². The molecule has 0 aromatic heterocycles. The number of hydrogen-bond donors (Lipinski definition) is 2. The number of benzene rings is 1. The molecule has 3 heteroatoms. The topological polar surface area (TPSA) is 33.3 Å². The first-order chi connectivity index (χ1) is 8.67. The largest absolute Gasteiger partial charge is 0.496 e. The fraction of sp³-hybridized carbons (Fsp3) is 0.600. The zero-order chi connectivity index (χ0) is 13.4. The summed E-state index contributed by atoms with van der Waals surface area (Å²) in [5.41, 5.74) is 2.59. The Morgan fingerprint density at radius 3 is 2.61 bits per heavy atom. The minimum Gasteiger partial charge on any atom is -0.496 e. The summed E-state index contributed by atoms with van der Waals surface area (Å²) in [4.78, 5) is 0. The highest BCUT2D eigenvalue weighted by Gasteiger charge is 2.02. The quantitative estimate of drug-likeness (QED) is 0.695. The number of hydrogen-bond acceptors (Lipinski definition) is 3. The number of nitrogens with one attached hydrogen (secondary N) is 2. The minimum absolute atomic E-state index is 0.555. The Hall–Kier alpha value is -1.06. The molecule has 0 aliphatic carbocycles. The van der Waals surface area contributed by atoms with Gasteiger partial charge in [-0.1, -0.05) is 32.9 Å². The first kappa shape index (κ1) is 15.0. The molecule has 1 aromatic carbocycles. The van der Waals surface area contributed by atoms with Crippen LogP contribution in [0.15, 0.2) is 18.2 Å². The van der Waals surface area contributed by atoms with Gasteiger partial charge in [0.2, 0.25) is 0 Å². The first-order valence-electron chi connectivity index (χ1n) is 6.77. The zero-order valence-electron chi connectivity index (χ0n) is 12.0. The molecule has 0 unspecified atom stereocenters. The molecule has 2 N–H and O–H groups in total. The van der Waals surface area contributed by atoms with Gasteiger partial charge < -0.3 is 15.4 Å². The predicted molar refractivity (Wildman–Crippen MR) is 77.2 cm³/mol. The summed E-state index contributed by atoms with van der Waals surface area (Å²) in [6, 6.07) is 6.96. The second kappa shape index (κ2) is 8.11. The Balaban J connectivity index is 2.38. The second-order valence-corrected chi connectivity index (χ2v) is 4.79. The minimum atomic E-state index is 0.555. The lowest BCUT2D eigenvalue weighted by Crippen LogP contribution is -2.31. The molecule has 1 aromatic rings. The van der Waals surface area contributed by atoms with Crippen LogP contribution in [-0.2, 0) is 13.0 Å². The standard InChI is InChI=1S/C15H26N2O/c1-5-14-10-13(6-7-15(14)18-4)11-16-8-9-17-12(2)3/h6-7,10,12,16-17H,5,8-9,11H2,1-4H3. The van der Waals surface area contributed by atoms with Crippen LogP contribution in [0.4, 0.5) is 0 Å². The van der Waals surface area contributed by atoms with Crippen molar-refractivity contribution in [2.24, 2.45) is 0 Å². The van der Waals surface area contributed by atoms with Crippen LogP contribution in [0, 0.1) is 0 Å². The summed E-state index contributed by atoms with van der Waals surface area (Å²) in [6.07, 6.45) is 1.01. The third-order valence-electron chi connectivity index (χ3n) is 2.91. The van der Waals surface area contributed by atoms with Crippen molar-refractivity contribution in [2.45, 2.75) is 39.8 Å². The highest BCUT2D eigenvalue weighted by atomic mass is 16.5. The lowest BCUT2D eigenvalue weighted by atomic mass is 10.1. The summed E-state index contributed by atoms with van der Waals surface area (Å²) in [5, 5.41) is 6.83. The van der Waals surface area contributed by atoms with E-state index in [0.29, 0.717) is 6.04 Å². The molecular weight excluding hydrogens is 224 g/mol. The van der Waals surface area contributed by atoms with E-state index in [1.54, 1.807) is 7.11 Å². The molecule has 0 fully saturated rings. The van der Waals surface area contributed by atoms with Gasteiger partial charge in [-0.2, -0.15) is 0 Å². The third kappa shape index (κ3) is 5.07. The monoisotopic (exact) mass is 250 g/mol. The lowest BCUT2D eigenvalue weighted by molar-refractivity contribution is 0.410. The molecule has 0 heterocycles. The fourth-order valence-electron chi connectivity index (χ4n) is 1.90. The molecule has 0 atom stereocenters. The summed E-state index contributed by atoms with van der Waals surface area (Å²) in [7, 11) is 1.73. The van der Waals surface area contributed by atoms with Crippen molar-refractivity contribution in [1.29, 1.82) is 0 Å². The van der Waals surface area contributed by atoms with Crippen molar-refractivity contribution >= 4 is 0 Å². The van der Waals surface area contributed by atoms with Crippen molar-refractivity contribution in [1.82, 2.24) is 10.6 Å². The van der Waals surface area contributed by atoms with E-state index in [4.69, 9.17) is 4.74 Å². The van der Waals surface area contributed by atoms with Gasteiger partial charge in [0.1, 0.15) is 5.75 Å². The highest BCUT2D eigenvalue weighted by molar-refractivity contribution is 5.37. The van der Waals surface area contributed by atoms with E-state index in [1.165, 1.54) is 11.1 Å². The van der Waals surface area contributed by atoms with Crippen LogP contribution in [0.5, 0.6) is 5.75 Å². The Labute approximate surface area is 111 Å². The molecule has 0 spiro atoms. The van der Waals surface area contributed by atoms with E-state index in [0.717, 1.165) is 31.8 Å². The molecule has 0 saturated heterocycles. The van der Waals surface area contributed by atoms with Gasteiger partial charge in [-0.25, -0.2) is 0 Å². The van der Waals surface area contributed by atoms with Gasteiger partial charge in [0.15, 0.2) is 0 Å². The molecule has 0 aliphatic heterocycles. The molecule has 0 amide bonds. The maximum atomic E-state index is 5.33. The lowest BCUT2D eigenvalue weighted by Gasteiger charge is -2.11. The fourth-order valence-corrected chi connectivity index (χ4v) is 1.90. The predicted octanol–water partition coefficient (Wildman–Crippen LogP) is 2.35. The number of aryl methyl sites for hydroxylation is 1. The molecule has 0 aliphatic rings. The van der Waals surface area contributed by atoms with Crippen molar-refractivity contribution < 1.29 is 4.74 Å². The van der Waals surface area contributed by atoms with Gasteiger partial charge in [0, 0.05) is 25.7 Å². The molecule has 0 radical (unpaired) electrons. The summed E-state index contributed by atoms with van der Waals surface area (Å²) in [6.45, 7) is 9.40. The van der Waals surface area contributed by atoms with E-state index >= 15 is 0 Å². The Morgan fingerprint density at radius 2 is 2.00 bits per heavy atom. The Bertz CT molecular complexity index is 350. The van der Waals surface area contributed by atoms with Gasteiger partial charge >= 0.3 is 0 Å². The van der Waals surface area contributed by atoms with Gasteiger partial charge in [-0.3, -0.25) is 0 Å². The van der Waals surface area contributed by atoms with E-state index < -0.39 is 0 Å². The summed E-state index contributed by atoms with van der Waals surface area (Å²) < 4.78 is 5.33. The number of ether oxygens (including phenoxy) is 1. The summed E-state index contributed by atoms with van der Waals surface area (Å²) >= 11 is 0. The van der Waals surface area contributed by atoms with Gasteiger partial charge in [0.25, 0.3) is 0 Å². The average molecular weight is 250 g/mol. The average Bonchev–Trinajstić information content (AvgIpc) is 2.37. The second-order valence-electron chi connectivity index (χ2n) is 4.79. The molecule has 1 rings (SSSR count). The molecule has 0 bridgehead atoms. The Kier molecular flexibility index (Phi) is 6.76. The van der Waals surface area contributed by atoms with Crippen LogP contribution < -0.4 is 15.4 Å². The van der Waals surface area contributed by atoms with Gasteiger partial charge in [-0.05, 0) is 23.6 Å². The maximum Gasteiger partial charge on any atom is 0.122 e. The molecule has 18 heavy (non-hydrogen) atoms. The van der Waals surface area contributed by atoms with Crippen molar-refractivity contribution in [3.05, 3.63) is 29.3 Å². The highest BCUT2D eigenvalue weighted by Crippen LogP contribution is 2.20. The number of methoxy groups -OCH3 is 1. The van der Waals surface area contributed by atoms with Crippen LogP contribution >= 0.6 is 0 Å². The van der Waals surface area contributed by atoms with E-state index in [1.807, 2.05) is 0 Å². The maximum absolute atomic E-state index is 5.33. The SMILES string of the molecule is CCc1cc(CNCCNC(C)C)ccc1OC. The molecule has 0 saturated carbocycles. The first-order valence-corrected chi connectivity index (χ1v) is 6.77. The molecule has 3 nitrogen and oxygen atoms in total. The van der Waals surface area contributed by atoms with Crippen molar-refractivity contribution in [3.8, 4) is 5.75 Å². The molecular formula is C15H26N2O. The van der Waals surface area contributed by atoms with E-state index in [-0.39, 0.29) is 0 Å². The van der Waals surface area contributed by atoms with Crippen LogP contribution in [0.25, 0.3) is 0 Å². The smallest absolute Gasteiger partial charge is 0.122 e. The Morgan fingerprint density at radius 1 is 1.22 bits per heavy atom. The van der Waals surface area contributed by atoms with Crippen LogP contribution in [0.2, 0.25) is 0 Å².